The smallest absolute Gasteiger partial charge is 0.333 e. The summed E-state index contributed by atoms with van der Waals surface area (Å²) in [5, 5.41) is 47.3. The van der Waals surface area contributed by atoms with Crippen LogP contribution in [-0.2, 0) is 20.9 Å². The lowest BCUT2D eigenvalue weighted by atomic mass is 9.99. The van der Waals surface area contributed by atoms with E-state index < -0.39 is 59.9 Å². The predicted octanol–water partition coefficient (Wildman–Crippen LogP) is -2.03. The number of methoxy groups -OCH3 is 1. The monoisotopic (exact) mass is 607 g/mol. The van der Waals surface area contributed by atoms with Crippen LogP contribution in [0.3, 0.4) is 0 Å². The van der Waals surface area contributed by atoms with Crippen LogP contribution in [0.2, 0.25) is 0 Å². The third-order valence-electron chi connectivity index (χ3n) is 7.17. The van der Waals surface area contributed by atoms with Gasteiger partial charge in [0.05, 0.1) is 19.7 Å². The average Bonchev–Trinajstić information content (AvgIpc) is 3.25. The topological polar surface area (TPSA) is 228 Å². The number of nitrogens with two attached hydrogens (primary N) is 1. The highest BCUT2D eigenvalue weighted by molar-refractivity contribution is 5.81. The standard InChI is InChI=1S/C28H41N5O10/c1-15(2)13-18(29)25(38)31-11-4-10-30-20(27(39)40)21(35)24-22(36)23(37)26(43-24)32-12-9-19(34)33(28(32)41)14-16-5-7-17(42-3)8-6-16/h5-9,12,15,18,20-24,26,30,35-37H,4,10-11,13-14,29H2,1-3H3,(H,31,38)(H,39,40)/t18-,20+,21-,22+,23-,24?,26-/m1/s1. The molecule has 1 fully saturated rings. The Morgan fingerprint density at radius 3 is 2.37 bits per heavy atom. The fourth-order valence-electron chi connectivity index (χ4n) is 4.83. The summed E-state index contributed by atoms with van der Waals surface area (Å²) in [6, 6.07) is 5.50. The molecular formula is C28H41N5O10. The molecule has 43 heavy (non-hydrogen) atoms. The maximum Gasteiger partial charge on any atom is 0.333 e. The van der Waals surface area contributed by atoms with E-state index in [1.54, 1.807) is 24.3 Å². The van der Waals surface area contributed by atoms with E-state index >= 15 is 0 Å². The number of carboxylic acids is 1. The quantitative estimate of drug-likeness (QED) is 0.109. The number of nitrogens with one attached hydrogen (secondary N) is 2. The van der Waals surface area contributed by atoms with E-state index in [1.807, 2.05) is 13.8 Å². The van der Waals surface area contributed by atoms with Crippen LogP contribution in [0.25, 0.3) is 0 Å². The first-order valence-electron chi connectivity index (χ1n) is 14.0. The minimum absolute atomic E-state index is 0.0678. The summed E-state index contributed by atoms with van der Waals surface area (Å²) in [4.78, 5) is 49.7. The van der Waals surface area contributed by atoms with Crippen molar-refractivity contribution in [2.24, 2.45) is 11.7 Å². The maximum atomic E-state index is 13.2. The molecule has 15 nitrogen and oxygen atoms in total. The van der Waals surface area contributed by atoms with Crippen molar-refractivity contribution in [2.75, 3.05) is 20.2 Å². The number of hydrogen-bond donors (Lipinski definition) is 7. The highest BCUT2D eigenvalue weighted by Gasteiger charge is 2.50. The van der Waals surface area contributed by atoms with Crippen molar-refractivity contribution < 1.29 is 39.5 Å². The highest BCUT2D eigenvalue weighted by atomic mass is 16.6. The van der Waals surface area contributed by atoms with Gasteiger partial charge < -0.3 is 46.3 Å². The number of nitrogens with zero attached hydrogens (tertiary/aromatic N) is 2. The Hall–Kier alpha value is -3.60. The molecule has 1 aromatic carbocycles. The molecule has 238 valence electrons. The van der Waals surface area contributed by atoms with Crippen molar-refractivity contribution >= 4 is 11.9 Å². The van der Waals surface area contributed by atoms with Crippen LogP contribution in [0, 0.1) is 5.92 Å². The first-order valence-corrected chi connectivity index (χ1v) is 14.0. The molecule has 8 N–H and O–H groups in total. The lowest BCUT2D eigenvalue weighted by molar-refractivity contribution is -0.149. The molecule has 0 aliphatic carbocycles. The van der Waals surface area contributed by atoms with Gasteiger partial charge in [-0.1, -0.05) is 26.0 Å². The average molecular weight is 608 g/mol. The normalized spacial score (nSPS) is 22.2. The Morgan fingerprint density at radius 1 is 1.09 bits per heavy atom. The molecule has 0 radical (unpaired) electrons. The second-order valence-electron chi connectivity index (χ2n) is 10.9. The van der Waals surface area contributed by atoms with Crippen molar-refractivity contribution in [1.29, 1.82) is 0 Å². The number of carboxylic acid groups (broad SMARTS) is 1. The Balaban J connectivity index is 1.67. The van der Waals surface area contributed by atoms with E-state index in [9.17, 15) is 39.6 Å². The lowest BCUT2D eigenvalue weighted by Crippen LogP contribution is -2.54. The van der Waals surface area contributed by atoms with Crippen LogP contribution in [0.15, 0.2) is 46.1 Å². The minimum atomic E-state index is -1.85. The maximum absolute atomic E-state index is 13.2. The van der Waals surface area contributed by atoms with Gasteiger partial charge in [-0.2, -0.15) is 0 Å². The van der Waals surface area contributed by atoms with Crippen LogP contribution in [-0.4, -0.2) is 98.1 Å². The highest BCUT2D eigenvalue weighted by Crippen LogP contribution is 2.31. The van der Waals surface area contributed by atoms with Crippen LogP contribution in [0.1, 0.15) is 38.5 Å². The summed E-state index contributed by atoms with van der Waals surface area (Å²) in [6.45, 7) is 4.06. The zero-order chi connectivity index (χ0) is 31.8. The van der Waals surface area contributed by atoms with Gasteiger partial charge in [0.25, 0.3) is 5.56 Å². The number of amides is 1. The molecule has 0 spiro atoms. The number of aliphatic carboxylic acids is 1. The van der Waals surface area contributed by atoms with Gasteiger partial charge >= 0.3 is 11.7 Å². The minimum Gasteiger partial charge on any atom is -0.497 e. The van der Waals surface area contributed by atoms with Gasteiger partial charge in [0.2, 0.25) is 5.91 Å². The largest absolute Gasteiger partial charge is 0.497 e. The predicted molar refractivity (Wildman–Crippen MR) is 153 cm³/mol. The molecule has 3 rings (SSSR count). The number of aliphatic hydroxyl groups excluding tert-OH is 3. The fourth-order valence-corrected chi connectivity index (χ4v) is 4.83. The first kappa shape index (κ1) is 33.9. The van der Waals surface area contributed by atoms with Crippen LogP contribution < -0.4 is 32.4 Å². The summed E-state index contributed by atoms with van der Waals surface area (Å²) in [5.41, 5.74) is 4.99. The first-order chi connectivity index (χ1) is 20.3. The molecule has 2 heterocycles. The van der Waals surface area contributed by atoms with Gasteiger partial charge in [0.1, 0.15) is 36.2 Å². The van der Waals surface area contributed by atoms with E-state index in [2.05, 4.69) is 10.6 Å². The lowest BCUT2D eigenvalue weighted by Gasteiger charge is -2.27. The number of hydrogen-bond acceptors (Lipinski definition) is 11. The number of ether oxygens (including phenoxy) is 2. The SMILES string of the molecule is COc1ccc(Cn2c(=O)ccn([C@@H]3OC([C@H](O)[C@H](NCCCNC(=O)[C@H](N)CC(C)C)C(=O)O)[C@@H](O)[C@H]3O)c2=O)cc1. The van der Waals surface area contributed by atoms with Gasteiger partial charge in [-0.15, -0.1) is 0 Å². The van der Waals surface area contributed by atoms with E-state index in [1.165, 1.54) is 7.11 Å². The summed E-state index contributed by atoms with van der Waals surface area (Å²) < 4.78 is 12.6. The number of aliphatic hydroxyl groups is 3. The second-order valence-corrected chi connectivity index (χ2v) is 10.9. The van der Waals surface area contributed by atoms with Crippen molar-refractivity contribution in [3.63, 3.8) is 0 Å². The van der Waals surface area contributed by atoms with E-state index in [0.29, 0.717) is 24.2 Å². The fraction of sp³-hybridized carbons (Fsp3) is 0.571. The molecule has 1 aliphatic rings. The molecule has 1 aromatic heterocycles. The molecule has 0 saturated carbocycles. The van der Waals surface area contributed by atoms with Crippen molar-refractivity contribution in [3.8, 4) is 5.75 Å². The molecule has 2 aromatic rings. The van der Waals surface area contributed by atoms with Crippen LogP contribution in [0.5, 0.6) is 5.75 Å². The molecular weight excluding hydrogens is 566 g/mol. The number of benzene rings is 1. The van der Waals surface area contributed by atoms with E-state index in [-0.39, 0.29) is 31.5 Å². The third kappa shape index (κ3) is 8.49. The Bertz CT molecular complexity index is 1340. The van der Waals surface area contributed by atoms with Gasteiger partial charge in [-0.3, -0.25) is 23.5 Å². The summed E-state index contributed by atoms with van der Waals surface area (Å²) >= 11 is 0. The Kier molecular flexibility index (Phi) is 12.0. The number of carbonyl (C=O) groups excluding carboxylic acids is 1. The summed E-state index contributed by atoms with van der Waals surface area (Å²) in [5.74, 6) is -0.937. The van der Waals surface area contributed by atoms with Gasteiger partial charge in [0, 0.05) is 18.8 Å². The van der Waals surface area contributed by atoms with Crippen molar-refractivity contribution in [3.05, 3.63) is 62.9 Å². The second kappa shape index (κ2) is 15.2. The van der Waals surface area contributed by atoms with Crippen LogP contribution >= 0.6 is 0 Å². The van der Waals surface area contributed by atoms with Crippen molar-refractivity contribution in [2.45, 2.75) is 76.0 Å². The third-order valence-corrected chi connectivity index (χ3v) is 7.17. The number of rotatable bonds is 15. The Labute approximate surface area is 247 Å². The molecule has 1 aliphatic heterocycles. The molecule has 7 atom stereocenters. The molecule has 15 heteroatoms. The molecule has 1 amide bonds. The number of aromatic nitrogens is 2. The molecule has 0 bridgehead atoms. The van der Waals surface area contributed by atoms with E-state index in [0.717, 1.165) is 21.4 Å². The van der Waals surface area contributed by atoms with E-state index in [4.69, 9.17) is 15.2 Å². The van der Waals surface area contributed by atoms with Crippen molar-refractivity contribution in [1.82, 2.24) is 19.8 Å². The van der Waals surface area contributed by atoms with Crippen LogP contribution in [0.4, 0.5) is 0 Å². The zero-order valence-corrected chi connectivity index (χ0v) is 24.3. The molecule has 1 unspecified atom stereocenters. The van der Waals surface area contributed by atoms with Gasteiger partial charge in [-0.05, 0) is 43.0 Å². The van der Waals surface area contributed by atoms with Gasteiger partial charge in [-0.25, -0.2) is 4.79 Å². The van der Waals surface area contributed by atoms with Gasteiger partial charge in [0.15, 0.2) is 6.23 Å². The Morgan fingerprint density at radius 2 is 1.77 bits per heavy atom. The zero-order valence-electron chi connectivity index (χ0n) is 24.3. The number of carbonyl (C=O) groups is 2. The molecule has 1 saturated heterocycles. The summed E-state index contributed by atoms with van der Waals surface area (Å²) in [6.07, 6.45) is -6.55. The summed E-state index contributed by atoms with van der Waals surface area (Å²) in [7, 11) is 1.50.